The largest absolute Gasteiger partial charge is 0.433 e. The summed E-state index contributed by atoms with van der Waals surface area (Å²) in [5.74, 6) is -1.56. The molecule has 0 spiro atoms. The number of pyridine rings is 2. The highest BCUT2D eigenvalue weighted by atomic mass is 19.4. The number of anilines is 1. The number of carbonyl (C=O) groups is 1. The van der Waals surface area contributed by atoms with Gasteiger partial charge in [0.1, 0.15) is 11.5 Å². The number of nitrogens with one attached hydrogen (secondary N) is 1. The van der Waals surface area contributed by atoms with Crippen molar-refractivity contribution in [3.63, 3.8) is 0 Å². The third-order valence-corrected chi connectivity index (χ3v) is 3.25. The van der Waals surface area contributed by atoms with Crippen molar-refractivity contribution in [2.45, 2.75) is 6.18 Å². The van der Waals surface area contributed by atoms with Gasteiger partial charge in [-0.05, 0) is 30.3 Å². The molecule has 0 aliphatic rings. The van der Waals surface area contributed by atoms with Gasteiger partial charge in [-0.25, -0.2) is 9.37 Å². The number of nitrogens with zero attached hydrogens (tertiary/aromatic N) is 2. The molecule has 0 aliphatic carbocycles. The van der Waals surface area contributed by atoms with Gasteiger partial charge in [0, 0.05) is 11.6 Å². The van der Waals surface area contributed by atoms with Gasteiger partial charge >= 0.3 is 6.18 Å². The van der Waals surface area contributed by atoms with Gasteiger partial charge in [-0.15, -0.1) is 0 Å². The lowest BCUT2D eigenvalue weighted by atomic mass is 10.1. The molecule has 2 aromatic heterocycles. The first kappa shape index (κ1) is 15.9. The van der Waals surface area contributed by atoms with Crippen LogP contribution in [0.25, 0.3) is 10.9 Å². The zero-order valence-corrected chi connectivity index (χ0v) is 11.9. The highest BCUT2D eigenvalue weighted by Crippen LogP contribution is 2.28. The predicted octanol–water partition coefficient (Wildman–Crippen LogP) is 4.04. The molecular formula is C16H9F4N3O. The van der Waals surface area contributed by atoms with Crippen molar-refractivity contribution in [2.24, 2.45) is 0 Å². The Morgan fingerprint density at radius 1 is 1.08 bits per heavy atom. The molecule has 0 unspecified atom stereocenters. The summed E-state index contributed by atoms with van der Waals surface area (Å²) >= 11 is 0. The second-order valence-corrected chi connectivity index (χ2v) is 4.91. The summed E-state index contributed by atoms with van der Waals surface area (Å²) in [6, 6.07) is 7.50. The van der Waals surface area contributed by atoms with Gasteiger partial charge in [-0.1, -0.05) is 6.07 Å². The highest BCUT2D eigenvalue weighted by molar-refractivity contribution is 6.06. The van der Waals surface area contributed by atoms with Crippen LogP contribution in [0.4, 0.5) is 23.2 Å². The molecule has 3 rings (SSSR count). The Bertz CT molecular complexity index is 907. The topological polar surface area (TPSA) is 54.9 Å². The molecule has 0 saturated carbocycles. The molecule has 2 heterocycles. The van der Waals surface area contributed by atoms with Gasteiger partial charge in [0.15, 0.2) is 0 Å². The van der Waals surface area contributed by atoms with Crippen molar-refractivity contribution in [1.82, 2.24) is 9.97 Å². The van der Waals surface area contributed by atoms with Crippen LogP contribution in [0.1, 0.15) is 16.1 Å². The summed E-state index contributed by atoms with van der Waals surface area (Å²) in [4.78, 5) is 19.4. The third kappa shape index (κ3) is 3.17. The van der Waals surface area contributed by atoms with E-state index in [0.717, 1.165) is 18.3 Å². The maximum Gasteiger partial charge on any atom is 0.433 e. The van der Waals surface area contributed by atoms with Crippen LogP contribution in [0.3, 0.4) is 0 Å². The lowest BCUT2D eigenvalue weighted by Gasteiger charge is -2.09. The van der Waals surface area contributed by atoms with Crippen molar-refractivity contribution in [3.8, 4) is 0 Å². The first-order valence-electron chi connectivity index (χ1n) is 6.73. The smallest absolute Gasteiger partial charge is 0.320 e. The minimum absolute atomic E-state index is 0.0218. The monoisotopic (exact) mass is 335 g/mol. The molecule has 0 aliphatic heterocycles. The van der Waals surface area contributed by atoms with Crippen LogP contribution in [0.2, 0.25) is 0 Å². The minimum Gasteiger partial charge on any atom is -0.320 e. The van der Waals surface area contributed by atoms with E-state index in [1.807, 2.05) is 0 Å². The van der Waals surface area contributed by atoms with Gasteiger partial charge in [0.05, 0.1) is 23.0 Å². The molecule has 1 aromatic carbocycles. The average Bonchev–Trinajstić information content (AvgIpc) is 2.53. The van der Waals surface area contributed by atoms with E-state index in [0.29, 0.717) is 10.9 Å². The van der Waals surface area contributed by atoms with Crippen molar-refractivity contribution >= 4 is 22.5 Å². The summed E-state index contributed by atoms with van der Waals surface area (Å²) in [7, 11) is 0. The Labute approximate surface area is 133 Å². The second kappa shape index (κ2) is 5.88. The van der Waals surface area contributed by atoms with Gasteiger partial charge in [0.2, 0.25) is 0 Å². The van der Waals surface area contributed by atoms with Crippen LogP contribution in [0, 0.1) is 5.82 Å². The van der Waals surface area contributed by atoms with Crippen molar-refractivity contribution in [1.29, 1.82) is 0 Å². The lowest BCUT2D eigenvalue weighted by molar-refractivity contribution is -0.141. The molecular weight excluding hydrogens is 326 g/mol. The lowest BCUT2D eigenvalue weighted by Crippen LogP contribution is -2.15. The second-order valence-electron chi connectivity index (χ2n) is 4.91. The fourth-order valence-corrected chi connectivity index (χ4v) is 2.10. The first-order chi connectivity index (χ1) is 11.3. The average molecular weight is 335 g/mol. The van der Waals surface area contributed by atoms with Crippen LogP contribution in [-0.2, 0) is 6.18 Å². The molecule has 0 fully saturated rings. The van der Waals surface area contributed by atoms with Crippen molar-refractivity contribution in [3.05, 3.63) is 65.9 Å². The number of alkyl halides is 3. The number of carbonyl (C=O) groups excluding carboxylic acids is 1. The van der Waals surface area contributed by atoms with E-state index in [9.17, 15) is 22.4 Å². The van der Waals surface area contributed by atoms with E-state index in [2.05, 4.69) is 15.3 Å². The van der Waals surface area contributed by atoms with Crippen LogP contribution in [0.5, 0.6) is 0 Å². The van der Waals surface area contributed by atoms with Crippen LogP contribution < -0.4 is 5.32 Å². The van der Waals surface area contributed by atoms with Crippen LogP contribution in [-0.4, -0.2) is 15.9 Å². The maximum absolute atomic E-state index is 14.0. The number of hydrogen-bond donors (Lipinski definition) is 1. The van der Waals surface area contributed by atoms with Crippen molar-refractivity contribution in [2.75, 3.05) is 5.32 Å². The number of aromatic nitrogens is 2. The molecule has 122 valence electrons. The molecule has 0 radical (unpaired) electrons. The quantitative estimate of drug-likeness (QED) is 0.719. The molecule has 0 bridgehead atoms. The van der Waals surface area contributed by atoms with Gasteiger partial charge < -0.3 is 5.32 Å². The summed E-state index contributed by atoms with van der Waals surface area (Å²) in [6.45, 7) is 0. The summed E-state index contributed by atoms with van der Waals surface area (Å²) in [5, 5.41) is 2.84. The van der Waals surface area contributed by atoms with Crippen molar-refractivity contribution < 1.29 is 22.4 Å². The zero-order chi connectivity index (χ0) is 17.3. The Kier molecular flexibility index (Phi) is 3.88. The molecule has 4 nitrogen and oxygen atoms in total. The van der Waals surface area contributed by atoms with E-state index in [1.54, 1.807) is 12.1 Å². The summed E-state index contributed by atoms with van der Waals surface area (Å²) < 4.78 is 51.4. The molecule has 8 heteroatoms. The van der Waals surface area contributed by atoms with E-state index >= 15 is 0 Å². The van der Waals surface area contributed by atoms with E-state index in [1.165, 1.54) is 18.3 Å². The number of rotatable bonds is 2. The van der Waals surface area contributed by atoms with Crippen LogP contribution in [0.15, 0.2) is 48.8 Å². The van der Waals surface area contributed by atoms with Gasteiger partial charge in [0.25, 0.3) is 5.91 Å². The number of hydrogen-bond acceptors (Lipinski definition) is 3. The molecule has 0 atom stereocenters. The molecule has 3 aromatic rings. The number of fused-ring (bicyclic) bond motifs is 1. The summed E-state index contributed by atoms with van der Waals surface area (Å²) in [6.07, 6.45) is -2.21. The third-order valence-electron chi connectivity index (χ3n) is 3.25. The molecule has 1 amide bonds. The molecule has 0 saturated heterocycles. The van der Waals surface area contributed by atoms with E-state index < -0.39 is 23.6 Å². The van der Waals surface area contributed by atoms with E-state index in [4.69, 9.17) is 0 Å². The van der Waals surface area contributed by atoms with Crippen LogP contribution >= 0.6 is 0 Å². The highest BCUT2D eigenvalue weighted by Gasteiger charge is 2.32. The Morgan fingerprint density at radius 3 is 2.54 bits per heavy atom. The Hall–Kier alpha value is -3.03. The number of amides is 1. The number of benzene rings is 1. The fourth-order valence-electron chi connectivity index (χ4n) is 2.10. The van der Waals surface area contributed by atoms with Gasteiger partial charge in [-0.2, -0.15) is 13.2 Å². The minimum atomic E-state index is -4.57. The standard InChI is InChI=1S/C16H9F4N3O/c17-12-6-9-2-1-5-21-13(9)7-11(12)15(24)23-10-3-4-14(22-8-10)16(18,19)20/h1-8H,(H,23,24). The zero-order valence-electron chi connectivity index (χ0n) is 11.9. The Morgan fingerprint density at radius 2 is 1.88 bits per heavy atom. The molecule has 24 heavy (non-hydrogen) atoms. The Balaban J connectivity index is 1.86. The fraction of sp³-hybridized carbons (Fsp3) is 0.0625. The normalized spacial score (nSPS) is 11.5. The maximum atomic E-state index is 14.0. The van der Waals surface area contributed by atoms with E-state index in [-0.39, 0.29) is 11.3 Å². The van der Waals surface area contributed by atoms with Gasteiger partial charge in [-0.3, -0.25) is 9.78 Å². The predicted molar refractivity (Wildman–Crippen MR) is 78.9 cm³/mol. The molecule has 1 N–H and O–H groups in total. The first-order valence-corrected chi connectivity index (χ1v) is 6.73. The summed E-state index contributed by atoms with van der Waals surface area (Å²) in [5.41, 5.74) is -0.897. The SMILES string of the molecule is O=C(Nc1ccc(C(F)(F)F)nc1)c1cc2ncccc2cc1F. The number of halogens is 4.